The molecule has 1 aromatic carbocycles. The molecule has 1 amide bonds. The van der Waals surface area contributed by atoms with Gasteiger partial charge in [0.2, 0.25) is 0 Å². The Labute approximate surface area is 120 Å². The van der Waals surface area contributed by atoms with Crippen molar-refractivity contribution in [3.63, 3.8) is 0 Å². The van der Waals surface area contributed by atoms with E-state index in [2.05, 4.69) is 47.1 Å². The number of carbonyl (C=O) groups is 1. The molecule has 0 saturated carbocycles. The van der Waals surface area contributed by atoms with Gasteiger partial charge in [0.1, 0.15) is 9.21 Å². The Morgan fingerprint density at radius 1 is 1.33 bits per heavy atom. The SMILES string of the molecule is Nc1cccc(C(=O)Nc2ncc(Br)nc2Br)c1. The van der Waals surface area contributed by atoms with E-state index >= 15 is 0 Å². The first kappa shape index (κ1) is 13.0. The second kappa shape index (κ2) is 5.45. The molecule has 0 radical (unpaired) electrons. The second-order valence-corrected chi connectivity index (χ2v) is 4.98. The number of amides is 1. The highest BCUT2D eigenvalue weighted by Gasteiger charge is 2.10. The molecule has 1 aromatic heterocycles. The molecule has 7 heteroatoms. The standard InChI is InChI=1S/C11H8Br2N4O/c12-8-5-15-10(9(13)16-8)17-11(18)6-2-1-3-7(14)4-6/h1-5H,14H2,(H,15,17,18). The maximum absolute atomic E-state index is 11.9. The van der Waals surface area contributed by atoms with E-state index in [-0.39, 0.29) is 5.91 Å². The van der Waals surface area contributed by atoms with Gasteiger partial charge in [0.05, 0.1) is 6.20 Å². The fourth-order valence-electron chi connectivity index (χ4n) is 1.29. The summed E-state index contributed by atoms with van der Waals surface area (Å²) in [6.45, 7) is 0. The Kier molecular flexibility index (Phi) is 3.93. The van der Waals surface area contributed by atoms with Gasteiger partial charge in [-0.1, -0.05) is 6.07 Å². The van der Waals surface area contributed by atoms with E-state index in [4.69, 9.17) is 5.73 Å². The van der Waals surface area contributed by atoms with Crippen molar-refractivity contribution in [1.29, 1.82) is 0 Å². The van der Waals surface area contributed by atoms with Crippen molar-refractivity contribution < 1.29 is 4.79 Å². The molecule has 0 atom stereocenters. The third-order valence-electron chi connectivity index (χ3n) is 2.08. The Morgan fingerprint density at radius 3 is 2.78 bits per heavy atom. The summed E-state index contributed by atoms with van der Waals surface area (Å²) < 4.78 is 1.03. The number of rotatable bonds is 2. The minimum atomic E-state index is -0.292. The predicted octanol–water partition coefficient (Wildman–Crippen LogP) is 2.84. The highest BCUT2D eigenvalue weighted by molar-refractivity contribution is 9.11. The number of hydrogen-bond donors (Lipinski definition) is 2. The number of nitrogens with one attached hydrogen (secondary N) is 1. The van der Waals surface area contributed by atoms with Crippen LogP contribution in [0.4, 0.5) is 11.5 Å². The van der Waals surface area contributed by atoms with Crippen molar-refractivity contribution >= 4 is 49.3 Å². The monoisotopic (exact) mass is 370 g/mol. The van der Waals surface area contributed by atoms with Crippen molar-refractivity contribution in [2.45, 2.75) is 0 Å². The van der Waals surface area contributed by atoms with Gasteiger partial charge in [0.15, 0.2) is 5.82 Å². The van der Waals surface area contributed by atoms with Crippen LogP contribution in [0.3, 0.4) is 0 Å². The molecule has 2 aromatic rings. The van der Waals surface area contributed by atoms with E-state index in [0.29, 0.717) is 26.3 Å². The average molecular weight is 372 g/mol. The second-order valence-electron chi connectivity index (χ2n) is 3.41. The summed E-state index contributed by atoms with van der Waals surface area (Å²) in [7, 11) is 0. The maximum atomic E-state index is 11.9. The summed E-state index contributed by atoms with van der Waals surface area (Å²) >= 11 is 6.40. The van der Waals surface area contributed by atoms with Crippen LogP contribution in [0, 0.1) is 0 Å². The van der Waals surface area contributed by atoms with E-state index in [9.17, 15) is 4.79 Å². The topological polar surface area (TPSA) is 80.9 Å². The smallest absolute Gasteiger partial charge is 0.256 e. The Morgan fingerprint density at radius 2 is 2.11 bits per heavy atom. The predicted molar refractivity (Wildman–Crippen MR) is 76.2 cm³/mol. The summed E-state index contributed by atoms with van der Waals surface area (Å²) in [5, 5.41) is 2.65. The summed E-state index contributed by atoms with van der Waals surface area (Å²) in [4.78, 5) is 20.1. The van der Waals surface area contributed by atoms with Gasteiger partial charge >= 0.3 is 0 Å². The molecule has 0 bridgehead atoms. The molecule has 0 aliphatic heterocycles. The molecule has 2 rings (SSSR count). The van der Waals surface area contributed by atoms with Gasteiger partial charge in [0, 0.05) is 11.3 Å². The van der Waals surface area contributed by atoms with Crippen LogP contribution in [0.5, 0.6) is 0 Å². The van der Waals surface area contributed by atoms with Crippen LogP contribution < -0.4 is 11.1 Å². The largest absolute Gasteiger partial charge is 0.399 e. The van der Waals surface area contributed by atoms with Crippen LogP contribution in [0.15, 0.2) is 39.7 Å². The minimum Gasteiger partial charge on any atom is -0.399 e. The molecule has 18 heavy (non-hydrogen) atoms. The van der Waals surface area contributed by atoms with E-state index in [1.807, 2.05) is 0 Å². The molecule has 0 saturated heterocycles. The summed E-state index contributed by atoms with van der Waals surface area (Å²) in [5.74, 6) is 0.0604. The molecule has 0 spiro atoms. The average Bonchev–Trinajstić information content (AvgIpc) is 2.32. The molecule has 0 aliphatic rings. The molecule has 0 aliphatic carbocycles. The summed E-state index contributed by atoms with van der Waals surface area (Å²) in [6.07, 6.45) is 1.50. The number of nitrogen functional groups attached to an aromatic ring is 1. The molecule has 92 valence electrons. The van der Waals surface area contributed by atoms with Gasteiger partial charge in [-0.3, -0.25) is 4.79 Å². The van der Waals surface area contributed by atoms with Crippen molar-refractivity contribution in [2.24, 2.45) is 0 Å². The lowest BCUT2D eigenvalue weighted by atomic mass is 10.2. The molecule has 5 nitrogen and oxygen atoms in total. The Hall–Kier alpha value is -1.47. The normalized spacial score (nSPS) is 10.1. The number of benzene rings is 1. The molecule has 3 N–H and O–H groups in total. The van der Waals surface area contributed by atoms with Gasteiger partial charge in [-0.25, -0.2) is 9.97 Å². The van der Waals surface area contributed by atoms with E-state index in [1.165, 1.54) is 6.20 Å². The van der Waals surface area contributed by atoms with Gasteiger partial charge in [-0.2, -0.15) is 0 Å². The first-order chi connectivity index (χ1) is 8.56. The Bertz CT molecular complexity index is 603. The number of hydrogen-bond acceptors (Lipinski definition) is 4. The van der Waals surface area contributed by atoms with Crippen LogP contribution in [0.25, 0.3) is 0 Å². The fraction of sp³-hybridized carbons (Fsp3) is 0. The van der Waals surface area contributed by atoms with Gasteiger partial charge in [-0.05, 0) is 50.1 Å². The Balaban J connectivity index is 2.21. The van der Waals surface area contributed by atoms with Gasteiger partial charge in [-0.15, -0.1) is 0 Å². The number of halogens is 2. The zero-order chi connectivity index (χ0) is 13.1. The van der Waals surface area contributed by atoms with E-state index in [1.54, 1.807) is 24.3 Å². The number of aromatic nitrogens is 2. The van der Waals surface area contributed by atoms with Crippen molar-refractivity contribution in [1.82, 2.24) is 9.97 Å². The zero-order valence-corrected chi connectivity index (χ0v) is 12.2. The highest BCUT2D eigenvalue weighted by atomic mass is 79.9. The van der Waals surface area contributed by atoms with Gasteiger partial charge < -0.3 is 11.1 Å². The molecular formula is C11H8Br2N4O. The molecule has 0 unspecified atom stereocenters. The molecule has 1 heterocycles. The number of nitrogens with zero attached hydrogens (tertiary/aromatic N) is 2. The first-order valence-electron chi connectivity index (χ1n) is 4.91. The van der Waals surface area contributed by atoms with Gasteiger partial charge in [0.25, 0.3) is 5.91 Å². The third kappa shape index (κ3) is 3.05. The van der Waals surface area contributed by atoms with Crippen molar-refractivity contribution in [2.75, 3.05) is 11.1 Å². The van der Waals surface area contributed by atoms with Crippen molar-refractivity contribution in [3.05, 3.63) is 45.2 Å². The lowest BCUT2D eigenvalue weighted by Gasteiger charge is -2.06. The van der Waals surface area contributed by atoms with E-state index in [0.717, 1.165) is 0 Å². The maximum Gasteiger partial charge on any atom is 0.256 e. The molecular weight excluding hydrogens is 364 g/mol. The van der Waals surface area contributed by atoms with Crippen LogP contribution in [-0.4, -0.2) is 15.9 Å². The van der Waals surface area contributed by atoms with Crippen molar-refractivity contribution in [3.8, 4) is 0 Å². The highest BCUT2D eigenvalue weighted by Crippen LogP contribution is 2.20. The lowest BCUT2D eigenvalue weighted by molar-refractivity contribution is 0.102. The summed E-state index contributed by atoms with van der Waals surface area (Å²) in [6, 6.07) is 6.69. The summed E-state index contributed by atoms with van der Waals surface area (Å²) in [5.41, 5.74) is 6.61. The van der Waals surface area contributed by atoms with Crippen LogP contribution in [-0.2, 0) is 0 Å². The van der Waals surface area contributed by atoms with Crippen LogP contribution >= 0.6 is 31.9 Å². The quantitative estimate of drug-likeness (QED) is 0.795. The number of nitrogens with two attached hydrogens (primary N) is 1. The minimum absolute atomic E-state index is 0.292. The van der Waals surface area contributed by atoms with Crippen LogP contribution in [0.1, 0.15) is 10.4 Å². The number of carbonyl (C=O) groups excluding carboxylic acids is 1. The molecule has 0 fully saturated rings. The first-order valence-corrected chi connectivity index (χ1v) is 6.50. The number of anilines is 2. The zero-order valence-electron chi connectivity index (χ0n) is 9.02. The van der Waals surface area contributed by atoms with E-state index < -0.39 is 0 Å². The fourth-order valence-corrected chi connectivity index (χ4v) is 2.20. The third-order valence-corrected chi connectivity index (χ3v) is 3.02. The lowest BCUT2D eigenvalue weighted by Crippen LogP contribution is -2.14. The van der Waals surface area contributed by atoms with Crippen LogP contribution in [0.2, 0.25) is 0 Å².